The normalized spacial score (nSPS) is 11.3. The van der Waals surface area contributed by atoms with E-state index >= 15 is 0 Å². The number of aliphatic imine (C=N–C) groups is 1. The number of methoxy groups -OCH3 is 1. The number of hydrogen-bond acceptors (Lipinski definition) is 5. The Morgan fingerprint density at radius 3 is 2.28 bits per heavy atom. The van der Waals surface area contributed by atoms with Crippen LogP contribution in [0.1, 0.15) is 15.9 Å². The predicted molar refractivity (Wildman–Crippen MR) is 111 cm³/mol. The number of aromatic carboxylic acids is 1. The van der Waals surface area contributed by atoms with Crippen LogP contribution in [0.25, 0.3) is 0 Å². The molecule has 7 nitrogen and oxygen atoms in total. The zero-order chi connectivity index (χ0) is 20.9. The van der Waals surface area contributed by atoms with Crippen molar-refractivity contribution >= 4 is 33.6 Å². The van der Waals surface area contributed by atoms with Crippen molar-refractivity contribution in [3.63, 3.8) is 0 Å². The third-order valence-corrected chi connectivity index (χ3v) is 5.41. The van der Waals surface area contributed by atoms with Crippen LogP contribution in [0.5, 0.6) is 5.75 Å². The molecule has 3 rings (SSSR count). The second-order valence-corrected chi connectivity index (χ2v) is 7.66. The van der Waals surface area contributed by atoms with Crippen molar-refractivity contribution in [3.05, 3.63) is 83.9 Å². The molecule has 8 heteroatoms. The SMILES string of the molecule is COc1ccc(C=Nc2ccc(S(=O)(=O)Nc3ccccc3C(=O)O)cc2)cc1. The fourth-order valence-corrected chi connectivity index (χ4v) is 3.59. The third kappa shape index (κ3) is 4.99. The Morgan fingerprint density at radius 2 is 1.66 bits per heavy atom. The van der Waals surface area contributed by atoms with Gasteiger partial charge in [-0.3, -0.25) is 9.71 Å². The molecule has 3 aromatic rings. The Balaban J connectivity index is 1.76. The number of sulfonamides is 1. The highest BCUT2D eigenvalue weighted by Gasteiger charge is 2.18. The highest BCUT2D eigenvalue weighted by atomic mass is 32.2. The number of hydrogen-bond donors (Lipinski definition) is 2. The summed E-state index contributed by atoms with van der Waals surface area (Å²) in [6, 6.07) is 19.1. The van der Waals surface area contributed by atoms with Crippen LogP contribution in [0, 0.1) is 0 Å². The lowest BCUT2D eigenvalue weighted by Crippen LogP contribution is -2.15. The molecule has 0 fully saturated rings. The van der Waals surface area contributed by atoms with Gasteiger partial charge in [0.2, 0.25) is 0 Å². The molecule has 0 unspecified atom stereocenters. The smallest absolute Gasteiger partial charge is 0.337 e. The average molecular weight is 410 g/mol. The zero-order valence-electron chi connectivity index (χ0n) is 15.4. The molecule has 0 aromatic heterocycles. The van der Waals surface area contributed by atoms with E-state index in [4.69, 9.17) is 4.74 Å². The van der Waals surface area contributed by atoms with Gasteiger partial charge < -0.3 is 9.84 Å². The van der Waals surface area contributed by atoms with Crippen molar-refractivity contribution in [2.45, 2.75) is 4.90 Å². The summed E-state index contributed by atoms with van der Waals surface area (Å²) < 4.78 is 32.6. The van der Waals surface area contributed by atoms with Gasteiger partial charge in [0.25, 0.3) is 10.0 Å². The lowest BCUT2D eigenvalue weighted by molar-refractivity contribution is 0.0698. The second-order valence-electron chi connectivity index (χ2n) is 5.98. The van der Waals surface area contributed by atoms with E-state index in [9.17, 15) is 18.3 Å². The number of carboxylic acid groups (broad SMARTS) is 1. The van der Waals surface area contributed by atoms with Gasteiger partial charge in [-0.25, -0.2) is 13.2 Å². The molecule has 2 N–H and O–H groups in total. The van der Waals surface area contributed by atoms with Gasteiger partial charge in [-0.1, -0.05) is 12.1 Å². The van der Waals surface area contributed by atoms with Crippen molar-refractivity contribution < 1.29 is 23.1 Å². The highest BCUT2D eigenvalue weighted by molar-refractivity contribution is 7.92. The number of anilines is 1. The summed E-state index contributed by atoms with van der Waals surface area (Å²) in [6.07, 6.45) is 1.66. The quantitative estimate of drug-likeness (QED) is 0.574. The first kappa shape index (κ1) is 20.1. The van der Waals surface area contributed by atoms with E-state index in [2.05, 4.69) is 9.71 Å². The molecule has 0 amide bonds. The largest absolute Gasteiger partial charge is 0.497 e. The van der Waals surface area contributed by atoms with Crippen LogP contribution in [0.4, 0.5) is 11.4 Å². The fraction of sp³-hybridized carbons (Fsp3) is 0.0476. The highest BCUT2D eigenvalue weighted by Crippen LogP contribution is 2.22. The predicted octanol–water partition coefficient (Wildman–Crippen LogP) is 3.94. The molecule has 0 atom stereocenters. The van der Waals surface area contributed by atoms with Crippen molar-refractivity contribution in [1.29, 1.82) is 0 Å². The molecule has 0 radical (unpaired) electrons. The minimum Gasteiger partial charge on any atom is -0.497 e. The lowest BCUT2D eigenvalue weighted by Gasteiger charge is -2.10. The average Bonchev–Trinajstić information content (AvgIpc) is 2.73. The van der Waals surface area contributed by atoms with Crippen molar-refractivity contribution in [2.24, 2.45) is 4.99 Å². The monoisotopic (exact) mass is 410 g/mol. The molecule has 148 valence electrons. The molecule has 0 aliphatic heterocycles. The van der Waals surface area contributed by atoms with Crippen LogP contribution < -0.4 is 9.46 Å². The van der Waals surface area contributed by atoms with Crippen LogP contribution in [0.3, 0.4) is 0 Å². The van der Waals surface area contributed by atoms with Gasteiger partial charge in [0.05, 0.1) is 28.9 Å². The minimum absolute atomic E-state index is 0.00101. The molecule has 0 saturated carbocycles. The molecular formula is C21H18N2O5S. The maximum absolute atomic E-state index is 12.6. The Bertz CT molecular complexity index is 1140. The number of rotatable bonds is 7. The number of benzene rings is 3. The van der Waals surface area contributed by atoms with Crippen molar-refractivity contribution in [1.82, 2.24) is 0 Å². The van der Waals surface area contributed by atoms with E-state index in [-0.39, 0.29) is 16.1 Å². The summed E-state index contributed by atoms with van der Waals surface area (Å²) in [5.74, 6) is -0.472. The third-order valence-electron chi connectivity index (χ3n) is 4.03. The van der Waals surface area contributed by atoms with Gasteiger partial charge in [-0.15, -0.1) is 0 Å². The van der Waals surface area contributed by atoms with Crippen LogP contribution in [-0.2, 0) is 10.0 Å². The maximum atomic E-state index is 12.6. The van der Waals surface area contributed by atoms with E-state index in [0.717, 1.165) is 11.3 Å². The number of ether oxygens (including phenoxy) is 1. The Kier molecular flexibility index (Phi) is 5.94. The van der Waals surface area contributed by atoms with E-state index in [1.165, 1.54) is 30.3 Å². The zero-order valence-corrected chi connectivity index (χ0v) is 16.3. The molecule has 3 aromatic carbocycles. The van der Waals surface area contributed by atoms with E-state index in [1.807, 2.05) is 24.3 Å². The van der Waals surface area contributed by atoms with Gasteiger partial charge in [0, 0.05) is 6.21 Å². The van der Waals surface area contributed by atoms with Gasteiger partial charge >= 0.3 is 5.97 Å². The summed E-state index contributed by atoms with van der Waals surface area (Å²) in [6.45, 7) is 0. The van der Waals surface area contributed by atoms with Crippen LogP contribution >= 0.6 is 0 Å². The summed E-state index contributed by atoms with van der Waals surface area (Å²) in [7, 11) is -2.35. The fourth-order valence-electron chi connectivity index (χ4n) is 2.51. The van der Waals surface area contributed by atoms with E-state index in [1.54, 1.807) is 31.5 Å². The Labute approximate surface area is 168 Å². The first-order valence-corrected chi connectivity index (χ1v) is 10.0. The Morgan fingerprint density at radius 1 is 1.00 bits per heavy atom. The number of carboxylic acids is 1. The minimum atomic E-state index is -3.94. The van der Waals surface area contributed by atoms with Crippen LogP contribution in [-0.4, -0.2) is 32.8 Å². The van der Waals surface area contributed by atoms with Gasteiger partial charge in [-0.05, 0) is 66.2 Å². The van der Waals surface area contributed by atoms with Crippen molar-refractivity contribution in [2.75, 3.05) is 11.8 Å². The molecule has 0 saturated heterocycles. The number of carbonyl (C=O) groups is 1. The van der Waals surface area contributed by atoms with Crippen molar-refractivity contribution in [3.8, 4) is 5.75 Å². The first-order chi connectivity index (χ1) is 13.9. The molecular weight excluding hydrogens is 392 g/mol. The molecule has 0 aliphatic rings. The van der Waals surface area contributed by atoms with Crippen LogP contribution in [0.15, 0.2) is 82.7 Å². The van der Waals surface area contributed by atoms with Gasteiger partial charge in [-0.2, -0.15) is 0 Å². The number of para-hydroxylation sites is 1. The van der Waals surface area contributed by atoms with Gasteiger partial charge in [0.15, 0.2) is 0 Å². The molecule has 29 heavy (non-hydrogen) atoms. The van der Waals surface area contributed by atoms with Gasteiger partial charge in [0.1, 0.15) is 5.75 Å². The maximum Gasteiger partial charge on any atom is 0.337 e. The summed E-state index contributed by atoms with van der Waals surface area (Å²) in [5, 5.41) is 9.19. The summed E-state index contributed by atoms with van der Waals surface area (Å²) in [5.41, 5.74) is 1.32. The topological polar surface area (TPSA) is 105 Å². The second kappa shape index (κ2) is 8.57. The number of nitrogens with zero attached hydrogens (tertiary/aromatic N) is 1. The Hall–Kier alpha value is -3.65. The number of nitrogens with one attached hydrogen (secondary N) is 1. The standard InChI is InChI=1S/C21H18N2O5S/c1-28-17-10-6-15(7-11-17)14-22-16-8-12-18(13-9-16)29(26,27)23-20-5-3-2-4-19(20)21(24)25/h2-14,23H,1H3,(H,24,25). The molecule has 0 bridgehead atoms. The molecule has 0 heterocycles. The lowest BCUT2D eigenvalue weighted by atomic mass is 10.2. The summed E-state index contributed by atoms with van der Waals surface area (Å²) in [4.78, 5) is 15.6. The summed E-state index contributed by atoms with van der Waals surface area (Å²) >= 11 is 0. The van der Waals surface area contributed by atoms with Crippen LogP contribution in [0.2, 0.25) is 0 Å². The van der Waals surface area contributed by atoms with E-state index in [0.29, 0.717) is 5.69 Å². The molecule has 0 aliphatic carbocycles. The molecule has 0 spiro atoms. The first-order valence-electron chi connectivity index (χ1n) is 8.52. The van der Waals surface area contributed by atoms with E-state index < -0.39 is 16.0 Å².